The number of aromatic hydroxyl groups is 1. The fraction of sp³-hybridized carbons (Fsp3) is 0.0588. The van der Waals surface area contributed by atoms with E-state index in [-0.39, 0.29) is 11.3 Å². The molecule has 0 amide bonds. The monoisotopic (exact) mass is 295 g/mol. The van der Waals surface area contributed by atoms with Gasteiger partial charge in [0.2, 0.25) is 0 Å². The molecule has 3 aromatic rings. The number of nitrogens with zero attached hydrogens (tertiary/aromatic N) is 1. The van der Waals surface area contributed by atoms with E-state index in [1.807, 2.05) is 6.07 Å². The number of methoxy groups -OCH3 is 1. The molecular weight excluding hydrogens is 282 g/mol. The number of pyridine rings is 1. The predicted molar refractivity (Wildman–Crippen MR) is 82.4 cm³/mol. The number of carbonyl (C=O) groups is 1. The third kappa shape index (κ3) is 2.33. The number of rotatable bonds is 3. The Labute approximate surface area is 126 Å². The standard InChI is InChI=1S/C17H13NO4/c1-22-16-5-3-11(9-15(16)19)10-2-4-14-13(8-10)12(17(20)21)6-7-18-14/h2-9,19H,1H3,(H,20,21). The Hall–Kier alpha value is -3.08. The molecular formula is C17H13NO4. The number of hydrogen-bond acceptors (Lipinski definition) is 4. The van der Waals surface area contributed by atoms with Crippen LogP contribution in [0.2, 0.25) is 0 Å². The molecule has 0 aliphatic heterocycles. The zero-order valence-corrected chi connectivity index (χ0v) is 11.8. The number of hydrogen-bond donors (Lipinski definition) is 2. The average molecular weight is 295 g/mol. The zero-order valence-electron chi connectivity index (χ0n) is 11.8. The topological polar surface area (TPSA) is 79.7 Å². The van der Waals surface area contributed by atoms with Crippen LogP contribution in [-0.2, 0) is 0 Å². The number of benzene rings is 2. The molecule has 0 saturated heterocycles. The van der Waals surface area contributed by atoms with Gasteiger partial charge >= 0.3 is 5.97 Å². The van der Waals surface area contributed by atoms with Gasteiger partial charge in [-0.05, 0) is 41.5 Å². The van der Waals surface area contributed by atoms with Crippen molar-refractivity contribution >= 4 is 16.9 Å². The molecule has 110 valence electrons. The highest BCUT2D eigenvalue weighted by molar-refractivity contribution is 6.03. The minimum atomic E-state index is -0.998. The summed E-state index contributed by atoms with van der Waals surface area (Å²) in [6.45, 7) is 0. The number of aromatic carboxylic acids is 1. The van der Waals surface area contributed by atoms with Gasteiger partial charge in [-0.25, -0.2) is 4.79 Å². The van der Waals surface area contributed by atoms with E-state index >= 15 is 0 Å². The lowest BCUT2D eigenvalue weighted by molar-refractivity contribution is 0.0699. The first-order chi connectivity index (χ1) is 10.6. The molecule has 22 heavy (non-hydrogen) atoms. The largest absolute Gasteiger partial charge is 0.504 e. The Balaban J connectivity index is 2.18. The number of carboxylic acid groups (broad SMARTS) is 1. The molecule has 2 N–H and O–H groups in total. The molecule has 2 aromatic carbocycles. The number of carboxylic acids is 1. The van der Waals surface area contributed by atoms with E-state index in [2.05, 4.69) is 4.98 Å². The molecule has 0 atom stereocenters. The summed E-state index contributed by atoms with van der Waals surface area (Å²) >= 11 is 0. The lowest BCUT2D eigenvalue weighted by Crippen LogP contribution is -1.98. The van der Waals surface area contributed by atoms with Crippen molar-refractivity contribution in [3.05, 3.63) is 54.2 Å². The van der Waals surface area contributed by atoms with Crippen molar-refractivity contribution in [3.63, 3.8) is 0 Å². The maximum atomic E-state index is 11.3. The van der Waals surface area contributed by atoms with Crippen LogP contribution in [0.15, 0.2) is 48.7 Å². The summed E-state index contributed by atoms with van der Waals surface area (Å²) in [5.74, 6) is -0.579. The van der Waals surface area contributed by atoms with Crippen LogP contribution in [0.5, 0.6) is 11.5 Å². The van der Waals surface area contributed by atoms with Crippen molar-refractivity contribution in [2.24, 2.45) is 0 Å². The third-order valence-electron chi connectivity index (χ3n) is 3.48. The van der Waals surface area contributed by atoms with Crippen LogP contribution in [0, 0.1) is 0 Å². The molecule has 0 unspecified atom stereocenters. The second-order valence-corrected chi connectivity index (χ2v) is 4.78. The lowest BCUT2D eigenvalue weighted by Gasteiger charge is -2.08. The molecule has 0 aliphatic carbocycles. The molecule has 5 heteroatoms. The summed E-state index contributed by atoms with van der Waals surface area (Å²) < 4.78 is 5.02. The first kappa shape index (κ1) is 13.9. The zero-order chi connectivity index (χ0) is 15.7. The van der Waals surface area contributed by atoms with E-state index in [0.717, 1.165) is 11.1 Å². The number of ether oxygens (including phenoxy) is 1. The van der Waals surface area contributed by atoms with Crippen molar-refractivity contribution in [2.75, 3.05) is 7.11 Å². The van der Waals surface area contributed by atoms with Gasteiger partial charge in [0.1, 0.15) is 0 Å². The van der Waals surface area contributed by atoms with Crippen LogP contribution in [-0.4, -0.2) is 28.3 Å². The van der Waals surface area contributed by atoms with Crippen molar-refractivity contribution in [2.45, 2.75) is 0 Å². The fourth-order valence-corrected chi connectivity index (χ4v) is 2.38. The number of phenols is 1. The van der Waals surface area contributed by atoms with Gasteiger partial charge in [0, 0.05) is 11.6 Å². The quantitative estimate of drug-likeness (QED) is 0.775. The van der Waals surface area contributed by atoms with Crippen molar-refractivity contribution in [3.8, 4) is 22.6 Å². The summed E-state index contributed by atoms with van der Waals surface area (Å²) in [5, 5.41) is 19.7. The molecule has 1 heterocycles. The number of fused-ring (bicyclic) bond motifs is 1. The van der Waals surface area contributed by atoms with Crippen LogP contribution < -0.4 is 4.74 Å². The van der Waals surface area contributed by atoms with Crippen LogP contribution in [0.1, 0.15) is 10.4 Å². The molecule has 0 fully saturated rings. The third-order valence-corrected chi connectivity index (χ3v) is 3.48. The molecule has 0 radical (unpaired) electrons. The summed E-state index contributed by atoms with van der Waals surface area (Å²) in [6.07, 6.45) is 1.48. The van der Waals surface area contributed by atoms with Gasteiger partial charge in [-0.2, -0.15) is 0 Å². The molecule has 0 bridgehead atoms. The summed E-state index contributed by atoms with van der Waals surface area (Å²) in [6, 6.07) is 11.9. The summed E-state index contributed by atoms with van der Waals surface area (Å²) in [7, 11) is 1.48. The van der Waals surface area contributed by atoms with E-state index in [9.17, 15) is 15.0 Å². The minimum absolute atomic E-state index is 0.0322. The average Bonchev–Trinajstić information content (AvgIpc) is 2.53. The first-order valence-electron chi connectivity index (χ1n) is 6.59. The Morgan fingerprint density at radius 1 is 1.09 bits per heavy atom. The van der Waals surface area contributed by atoms with Crippen molar-refractivity contribution in [1.82, 2.24) is 4.98 Å². The Bertz CT molecular complexity index is 874. The van der Waals surface area contributed by atoms with E-state index in [1.165, 1.54) is 19.4 Å². The lowest BCUT2D eigenvalue weighted by atomic mass is 10.0. The molecule has 3 rings (SSSR count). The molecule has 0 saturated carbocycles. The van der Waals surface area contributed by atoms with E-state index in [4.69, 9.17) is 4.74 Å². The van der Waals surface area contributed by atoms with Crippen molar-refractivity contribution < 1.29 is 19.7 Å². The maximum Gasteiger partial charge on any atom is 0.336 e. The van der Waals surface area contributed by atoms with Gasteiger partial charge in [-0.3, -0.25) is 4.98 Å². The molecule has 0 aliphatic rings. The number of phenolic OH excluding ortho intramolecular Hbond substituents is 1. The second kappa shape index (κ2) is 5.37. The first-order valence-corrected chi connectivity index (χ1v) is 6.59. The highest BCUT2D eigenvalue weighted by Gasteiger charge is 2.11. The van der Waals surface area contributed by atoms with Crippen LogP contribution in [0.4, 0.5) is 0 Å². The van der Waals surface area contributed by atoms with Crippen LogP contribution in [0.3, 0.4) is 0 Å². The van der Waals surface area contributed by atoms with Gasteiger partial charge in [0.05, 0.1) is 18.2 Å². The van der Waals surface area contributed by atoms with Crippen LogP contribution in [0.25, 0.3) is 22.0 Å². The maximum absolute atomic E-state index is 11.3. The van der Waals surface area contributed by atoms with Gasteiger partial charge in [0.15, 0.2) is 11.5 Å². The predicted octanol–water partition coefficient (Wildman–Crippen LogP) is 3.31. The van der Waals surface area contributed by atoms with Crippen molar-refractivity contribution in [1.29, 1.82) is 0 Å². The highest BCUT2D eigenvalue weighted by Crippen LogP contribution is 2.32. The SMILES string of the molecule is COc1ccc(-c2ccc3nccc(C(=O)O)c3c2)cc1O. The van der Waals surface area contributed by atoms with Gasteiger partial charge in [0.25, 0.3) is 0 Å². The summed E-state index contributed by atoms with van der Waals surface area (Å²) in [5.41, 5.74) is 2.37. The molecule has 5 nitrogen and oxygen atoms in total. The Kier molecular flexibility index (Phi) is 3.39. The van der Waals surface area contributed by atoms with Gasteiger partial charge in [-0.15, -0.1) is 0 Å². The summed E-state index contributed by atoms with van der Waals surface area (Å²) in [4.78, 5) is 15.5. The smallest absolute Gasteiger partial charge is 0.336 e. The van der Waals surface area contributed by atoms with Crippen LogP contribution >= 0.6 is 0 Å². The molecule has 0 spiro atoms. The molecule has 1 aromatic heterocycles. The Morgan fingerprint density at radius 3 is 2.50 bits per heavy atom. The Morgan fingerprint density at radius 2 is 1.82 bits per heavy atom. The normalized spacial score (nSPS) is 10.6. The van der Waals surface area contributed by atoms with E-state index in [0.29, 0.717) is 16.7 Å². The van der Waals surface area contributed by atoms with Gasteiger partial charge in [-0.1, -0.05) is 12.1 Å². The second-order valence-electron chi connectivity index (χ2n) is 4.78. The van der Waals surface area contributed by atoms with E-state index < -0.39 is 5.97 Å². The minimum Gasteiger partial charge on any atom is -0.504 e. The fourth-order valence-electron chi connectivity index (χ4n) is 2.38. The highest BCUT2D eigenvalue weighted by atomic mass is 16.5. The number of aromatic nitrogens is 1. The van der Waals surface area contributed by atoms with Gasteiger partial charge < -0.3 is 14.9 Å². The van der Waals surface area contributed by atoms with E-state index in [1.54, 1.807) is 30.3 Å².